The summed E-state index contributed by atoms with van der Waals surface area (Å²) in [6.07, 6.45) is 0.990. The summed E-state index contributed by atoms with van der Waals surface area (Å²) < 4.78 is 20.2. The fraction of sp³-hybridized carbons (Fsp3) is 0.294. The van der Waals surface area contributed by atoms with E-state index in [4.69, 9.17) is 4.74 Å². The molecule has 0 aliphatic carbocycles. The normalized spacial score (nSPS) is 12.2. The summed E-state index contributed by atoms with van der Waals surface area (Å²) in [5.74, 6) is 0.491. The lowest BCUT2D eigenvalue weighted by Crippen LogP contribution is -2.19. The predicted octanol–water partition coefficient (Wildman–Crippen LogP) is 5.44. The first kappa shape index (κ1) is 16.0. The molecule has 1 atom stereocenters. The number of ether oxygens (including phenoxy) is 1. The van der Waals surface area contributed by atoms with Crippen LogP contribution in [0.15, 0.2) is 46.9 Å². The van der Waals surface area contributed by atoms with E-state index in [1.165, 1.54) is 6.07 Å². The fourth-order valence-corrected chi connectivity index (χ4v) is 2.56. The molecule has 0 amide bonds. The van der Waals surface area contributed by atoms with E-state index in [1.54, 1.807) is 12.1 Å². The van der Waals surface area contributed by atoms with Crippen LogP contribution in [0.1, 0.15) is 31.9 Å². The zero-order valence-electron chi connectivity index (χ0n) is 12.2. The van der Waals surface area contributed by atoms with E-state index in [0.717, 1.165) is 18.5 Å². The smallest absolute Gasteiger partial charge is 0.166 e. The standard InChI is InChI=1S/C17H19BrFNO/c1-3-16(20-4-2)12-6-5-7-14(10-12)21-17-9-8-13(18)11-15(17)19/h5-11,16,20H,3-4H2,1-2H3. The summed E-state index contributed by atoms with van der Waals surface area (Å²) in [4.78, 5) is 0. The Labute approximate surface area is 133 Å². The van der Waals surface area contributed by atoms with Gasteiger partial charge in [0, 0.05) is 10.5 Å². The maximum atomic E-state index is 13.8. The lowest BCUT2D eigenvalue weighted by molar-refractivity contribution is 0.439. The number of benzene rings is 2. The molecular formula is C17H19BrFNO. The van der Waals surface area contributed by atoms with Crippen molar-refractivity contribution >= 4 is 15.9 Å². The quantitative estimate of drug-likeness (QED) is 0.747. The van der Waals surface area contributed by atoms with Crippen LogP contribution in [-0.2, 0) is 0 Å². The molecule has 0 fully saturated rings. The molecule has 2 aromatic carbocycles. The molecule has 1 unspecified atom stereocenters. The number of halogens is 2. The van der Waals surface area contributed by atoms with Crippen molar-refractivity contribution in [3.05, 3.63) is 58.3 Å². The van der Waals surface area contributed by atoms with Crippen molar-refractivity contribution in [2.75, 3.05) is 6.54 Å². The van der Waals surface area contributed by atoms with Gasteiger partial charge in [-0.05, 0) is 48.9 Å². The van der Waals surface area contributed by atoms with E-state index in [1.807, 2.05) is 18.2 Å². The Morgan fingerprint density at radius 3 is 2.67 bits per heavy atom. The maximum absolute atomic E-state index is 13.8. The van der Waals surface area contributed by atoms with Crippen molar-refractivity contribution in [2.45, 2.75) is 26.3 Å². The molecule has 0 aliphatic rings. The molecule has 0 aromatic heterocycles. The van der Waals surface area contributed by atoms with Crippen LogP contribution in [0.2, 0.25) is 0 Å². The second kappa shape index (κ2) is 7.57. The van der Waals surface area contributed by atoms with Crippen LogP contribution < -0.4 is 10.1 Å². The van der Waals surface area contributed by atoms with Gasteiger partial charge < -0.3 is 10.1 Å². The Hall–Kier alpha value is -1.39. The van der Waals surface area contributed by atoms with E-state index in [0.29, 0.717) is 10.2 Å². The summed E-state index contributed by atoms with van der Waals surface area (Å²) in [5.41, 5.74) is 1.15. The van der Waals surface area contributed by atoms with Gasteiger partial charge in [-0.25, -0.2) is 4.39 Å². The minimum absolute atomic E-state index is 0.229. The highest BCUT2D eigenvalue weighted by Crippen LogP contribution is 2.29. The van der Waals surface area contributed by atoms with Gasteiger partial charge in [0.25, 0.3) is 0 Å². The highest BCUT2D eigenvalue weighted by molar-refractivity contribution is 9.10. The van der Waals surface area contributed by atoms with Crippen LogP contribution in [-0.4, -0.2) is 6.54 Å². The lowest BCUT2D eigenvalue weighted by atomic mass is 10.0. The van der Waals surface area contributed by atoms with Gasteiger partial charge in [0.15, 0.2) is 11.6 Å². The first-order chi connectivity index (χ1) is 10.1. The molecule has 2 nitrogen and oxygen atoms in total. The molecule has 2 rings (SSSR count). The Kier molecular flexibility index (Phi) is 5.76. The third-order valence-electron chi connectivity index (χ3n) is 3.24. The molecule has 0 heterocycles. The predicted molar refractivity (Wildman–Crippen MR) is 87.3 cm³/mol. The van der Waals surface area contributed by atoms with E-state index in [9.17, 15) is 4.39 Å². The van der Waals surface area contributed by atoms with Crippen molar-refractivity contribution in [1.82, 2.24) is 5.32 Å². The fourth-order valence-electron chi connectivity index (χ4n) is 2.22. The van der Waals surface area contributed by atoms with Gasteiger partial charge in [-0.1, -0.05) is 41.9 Å². The minimum atomic E-state index is -0.381. The Morgan fingerprint density at radius 1 is 1.19 bits per heavy atom. The summed E-state index contributed by atoms with van der Waals surface area (Å²) in [6, 6.07) is 12.8. The molecular weight excluding hydrogens is 333 g/mol. The lowest BCUT2D eigenvalue weighted by Gasteiger charge is -2.17. The molecule has 4 heteroatoms. The third-order valence-corrected chi connectivity index (χ3v) is 3.73. The van der Waals surface area contributed by atoms with Crippen molar-refractivity contribution in [3.63, 3.8) is 0 Å². The molecule has 0 aliphatic heterocycles. The third kappa shape index (κ3) is 4.29. The zero-order chi connectivity index (χ0) is 15.2. The molecule has 0 radical (unpaired) electrons. The molecule has 0 bridgehead atoms. The van der Waals surface area contributed by atoms with Crippen molar-refractivity contribution in [1.29, 1.82) is 0 Å². The second-order valence-electron chi connectivity index (χ2n) is 4.77. The first-order valence-electron chi connectivity index (χ1n) is 7.10. The summed E-state index contributed by atoms with van der Waals surface area (Å²) >= 11 is 3.24. The van der Waals surface area contributed by atoms with Crippen LogP contribution >= 0.6 is 15.9 Å². The van der Waals surface area contributed by atoms with Crippen LogP contribution in [0.4, 0.5) is 4.39 Å². The van der Waals surface area contributed by atoms with E-state index in [-0.39, 0.29) is 17.6 Å². The van der Waals surface area contributed by atoms with Crippen molar-refractivity contribution < 1.29 is 9.13 Å². The van der Waals surface area contributed by atoms with Gasteiger partial charge in [0.05, 0.1) is 0 Å². The van der Waals surface area contributed by atoms with E-state index in [2.05, 4.69) is 41.2 Å². The van der Waals surface area contributed by atoms with Gasteiger partial charge in [-0.15, -0.1) is 0 Å². The topological polar surface area (TPSA) is 21.3 Å². The van der Waals surface area contributed by atoms with Crippen molar-refractivity contribution in [2.24, 2.45) is 0 Å². The Bertz CT molecular complexity index is 603. The molecule has 0 spiro atoms. The van der Waals surface area contributed by atoms with E-state index >= 15 is 0 Å². The Balaban J connectivity index is 2.21. The molecule has 0 saturated heterocycles. The highest BCUT2D eigenvalue weighted by atomic mass is 79.9. The monoisotopic (exact) mass is 351 g/mol. The number of rotatable bonds is 6. The second-order valence-corrected chi connectivity index (χ2v) is 5.68. The average Bonchev–Trinajstić information content (AvgIpc) is 2.48. The van der Waals surface area contributed by atoms with Crippen molar-refractivity contribution in [3.8, 4) is 11.5 Å². The largest absolute Gasteiger partial charge is 0.454 e. The van der Waals surface area contributed by atoms with E-state index < -0.39 is 0 Å². The summed E-state index contributed by atoms with van der Waals surface area (Å²) in [7, 11) is 0. The molecule has 2 aromatic rings. The maximum Gasteiger partial charge on any atom is 0.166 e. The zero-order valence-corrected chi connectivity index (χ0v) is 13.8. The Morgan fingerprint density at radius 2 is 2.00 bits per heavy atom. The molecule has 0 saturated carbocycles. The minimum Gasteiger partial charge on any atom is -0.454 e. The van der Waals surface area contributed by atoms with Gasteiger partial charge in [-0.2, -0.15) is 0 Å². The molecule has 21 heavy (non-hydrogen) atoms. The number of hydrogen-bond acceptors (Lipinski definition) is 2. The molecule has 112 valence electrons. The van der Waals surface area contributed by atoms with Crippen LogP contribution in [0, 0.1) is 5.82 Å². The van der Waals surface area contributed by atoms with Gasteiger partial charge in [0.2, 0.25) is 0 Å². The van der Waals surface area contributed by atoms with Crippen LogP contribution in [0.3, 0.4) is 0 Å². The SMILES string of the molecule is CCNC(CC)c1cccc(Oc2ccc(Br)cc2F)c1. The van der Waals surface area contributed by atoms with Gasteiger partial charge in [-0.3, -0.25) is 0 Å². The van der Waals surface area contributed by atoms with Crippen LogP contribution in [0.25, 0.3) is 0 Å². The summed E-state index contributed by atoms with van der Waals surface area (Å²) in [6.45, 7) is 5.13. The van der Waals surface area contributed by atoms with Gasteiger partial charge in [0.1, 0.15) is 5.75 Å². The number of nitrogens with one attached hydrogen (secondary N) is 1. The number of hydrogen-bond donors (Lipinski definition) is 1. The first-order valence-corrected chi connectivity index (χ1v) is 7.89. The summed E-state index contributed by atoms with van der Waals surface area (Å²) in [5, 5.41) is 3.42. The average molecular weight is 352 g/mol. The molecule has 1 N–H and O–H groups in total. The highest BCUT2D eigenvalue weighted by Gasteiger charge is 2.10. The van der Waals surface area contributed by atoms with Crippen LogP contribution in [0.5, 0.6) is 11.5 Å². The van der Waals surface area contributed by atoms with Gasteiger partial charge >= 0.3 is 0 Å².